The minimum atomic E-state index is 0.587. The van der Waals surface area contributed by atoms with E-state index in [1.807, 2.05) is 0 Å². The topological polar surface area (TPSA) is 47.6 Å². The lowest BCUT2D eigenvalue weighted by molar-refractivity contribution is 0.303. The van der Waals surface area contributed by atoms with E-state index in [9.17, 15) is 10.5 Å². The maximum absolute atomic E-state index is 9.78. The van der Waals surface area contributed by atoms with Crippen molar-refractivity contribution in [3.05, 3.63) is 69.8 Å². The van der Waals surface area contributed by atoms with Gasteiger partial charge in [0.2, 0.25) is 0 Å². The highest BCUT2D eigenvalue weighted by molar-refractivity contribution is 5.55. The fraction of sp³-hybridized carbons (Fsp3) is 0.562. The highest BCUT2D eigenvalue weighted by Crippen LogP contribution is 2.37. The van der Waals surface area contributed by atoms with Gasteiger partial charge in [0.05, 0.1) is 11.1 Å². The molecule has 0 radical (unpaired) electrons. The van der Waals surface area contributed by atoms with Gasteiger partial charge in [-0.05, 0) is 85.5 Å². The molecule has 2 aromatic rings. The highest BCUT2D eigenvalue weighted by Gasteiger charge is 2.22. The average molecular weight is 455 g/mol. The first kappa shape index (κ1) is 26.0. The molecular weight excluding hydrogens is 412 g/mol. The van der Waals surface area contributed by atoms with E-state index < -0.39 is 0 Å². The van der Waals surface area contributed by atoms with E-state index in [0.29, 0.717) is 11.1 Å². The number of nitriles is 2. The minimum Gasteiger partial charge on any atom is -0.192 e. The molecule has 0 unspecified atom stereocenters. The van der Waals surface area contributed by atoms with Crippen LogP contribution in [-0.2, 0) is 19.3 Å². The molecule has 1 aliphatic rings. The van der Waals surface area contributed by atoms with E-state index >= 15 is 0 Å². The van der Waals surface area contributed by atoms with Crippen molar-refractivity contribution in [1.29, 1.82) is 10.5 Å². The second kappa shape index (κ2) is 14.0. The molecule has 0 N–H and O–H groups in total. The van der Waals surface area contributed by atoms with Crippen LogP contribution in [0.1, 0.15) is 124 Å². The Balaban J connectivity index is 1.56. The zero-order valence-electron chi connectivity index (χ0n) is 21.4. The standard InChI is InChI=1S/C32H42N2/c1-3-5-7-9-25-11-16-27(17-12-25)28-18-13-26(14-19-28)15-20-30-22-21-29(10-8-6-4-2)31(23-33)32(30)24-34/h13-14,18-19,21-22,25,27H,3-12,15-17,20H2,1-2H3/t25-,27-. The Bertz CT molecular complexity index is 966. The van der Waals surface area contributed by atoms with Crippen molar-refractivity contribution < 1.29 is 0 Å². The number of hydrogen-bond acceptors (Lipinski definition) is 2. The zero-order valence-corrected chi connectivity index (χ0v) is 21.4. The van der Waals surface area contributed by atoms with Crippen LogP contribution in [0.25, 0.3) is 0 Å². The minimum absolute atomic E-state index is 0.587. The van der Waals surface area contributed by atoms with Gasteiger partial charge >= 0.3 is 0 Å². The SMILES string of the molecule is CCCCCc1ccc(CCc2ccc([C@H]3CC[C@H](CCCCC)CC3)cc2)c(C#N)c1C#N. The van der Waals surface area contributed by atoms with Crippen LogP contribution in [-0.4, -0.2) is 0 Å². The molecule has 0 saturated heterocycles. The lowest BCUT2D eigenvalue weighted by Crippen LogP contribution is -2.13. The van der Waals surface area contributed by atoms with Crippen molar-refractivity contribution in [2.75, 3.05) is 0 Å². The molecule has 1 fully saturated rings. The van der Waals surface area contributed by atoms with Crippen LogP contribution in [0.3, 0.4) is 0 Å². The molecule has 2 heteroatoms. The van der Waals surface area contributed by atoms with Gasteiger partial charge < -0.3 is 0 Å². The van der Waals surface area contributed by atoms with Gasteiger partial charge in [-0.15, -0.1) is 0 Å². The van der Waals surface area contributed by atoms with Gasteiger partial charge in [-0.3, -0.25) is 0 Å². The molecule has 1 aliphatic carbocycles. The first-order valence-corrected chi connectivity index (χ1v) is 13.7. The van der Waals surface area contributed by atoms with Crippen molar-refractivity contribution in [3.8, 4) is 12.1 Å². The fourth-order valence-electron chi connectivity index (χ4n) is 5.63. The molecule has 34 heavy (non-hydrogen) atoms. The number of aryl methyl sites for hydroxylation is 3. The van der Waals surface area contributed by atoms with Crippen LogP contribution in [0.4, 0.5) is 0 Å². The summed E-state index contributed by atoms with van der Waals surface area (Å²) in [6, 6.07) is 18.0. The van der Waals surface area contributed by atoms with Crippen LogP contribution in [0.5, 0.6) is 0 Å². The summed E-state index contributed by atoms with van der Waals surface area (Å²) in [6.45, 7) is 4.47. The van der Waals surface area contributed by atoms with Crippen LogP contribution >= 0.6 is 0 Å². The second-order valence-electron chi connectivity index (χ2n) is 10.3. The Labute approximate surface area is 208 Å². The summed E-state index contributed by atoms with van der Waals surface area (Å²) in [5.41, 5.74) is 6.02. The first-order valence-electron chi connectivity index (χ1n) is 13.7. The maximum Gasteiger partial charge on any atom is 0.101 e. The molecule has 2 nitrogen and oxygen atoms in total. The predicted molar refractivity (Wildman–Crippen MR) is 142 cm³/mol. The highest BCUT2D eigenvalue weighted by atomic mass is 14.3. The monoisotopic (exact) mass is 454 g/mol. The Morgan fingerprint density at radius 1 is 0.676 bits per heavy atom. The van der Waals surface area contributed by atoms with E-state index in [4.69, 9.17) is 0 Å². The molecule has 0 atom stereocenters. The van der Waals surface area contributed by atoms with E-state index in [-0.39, 0.29) is 0 Å². The molecular formula is C32H42N2. The van der Waals surface area contributed by atoms with E-state index in [2.05, 4.69) is 62.4 Å². The molecule has 2 aromatic carbocycles. The summed E-state index contributed by atoms with van der Waals surface area (Å²) < 4.78 is 0. The number of hydrogen-bond donors (Lipinski definition) is 0. The maximum atomic E-state index is 9.78. The van der Waals surface area contributed by atoms with E-state index in [1.54, 1.807) is 0 Å². The third-order valence-electron chi connectivity index (χ3n) is 7.85. The molecule has 3 rings (SSSR count). The molecule has 1 saturated carbocycles. The summed E-state index contributed by atoms with van der Waals surface area (Å²) in [6.07, 6.45) is 17.0. The molecule has 0 aromatic heterocycles. The molecule has 0 heterocycles. The predicted octanol–water partition coefficient (Wildman–Crippen LogP) is 8.80. The van der Waals surface area contributed by atoms with E-state index in [0.717, 1.165) is 61.5 Å². The van der Waals surface area contributed by atoms with Gasteiger partial charge in [0, 0.05) is 0 Å². The summed E-state index contributed by atoms with van der Waals surface area (Å²) >= 11 is 0. The third kappa shape index (κ3) is 7.21. The lowest BCUT2D eigenvalue weighted by Gasteiger charge is -2.29. The van der Waals surface area contributed by atoms with Crippen molar-refractivity contribution >= 4 is 0 Å². The average Bonchev–Trinajstić information content (AvgIpc) is 2.88. The Morgan fingerprint density at radius 2 is 1.26 bits per heavy atom. The van der Waals surface area contributed by atoms with Gasteiger partial charge in [-0.1, -0.05) is 88.8 Å². The Hall–Kier alpha value is -2.58. The van der Waals surface area contributed by atoms with Gasteiger partial charge in [-0.25, -0.2) is 0 Å². The molecule has 0 amide bonds. The Morgan fingerprint density at radius 3 is 1.85 bits per heavy atom. The third-order valence-corrected chi connectivity index (χ3v) is 7.85. The summed E-state index contributed by atoms with van der Waals surface area (Å²) in [4.78, 5) is 0. The van der Waals surface area contributed by atoms with Crippen LogP contribution in [0.2, 0.25) is 0 Å². The van der Waals surface area contributed by atoms with Crippen molar-refractivity contribution in [3.63, 3.8) is 0 Å². The quantitative estimate of drug-likeness (QED) is 0.301. The van der Waals surface area contributed by atoms with Gasteiger partial charge in [0.15, 0.2) is 0 Å². The van der Waals surface area contributed by atoms with E-state index in [1.165, 1.54) is 62.5 Å². The second-order valence-corrected chi connectivity index (χ2v) is 10.3. The fourth-order valence-corrected chi connectivity index (χ4v) is 5.63. The van der Waals surface area contributed by atoms with Gasteiger partial charge in [0.25, 0.3) is 0 Å². The van der Waals surface area contributed by atoms with Crippen LogP contribution in [0.15, 0.2) is 36.4 Å². The lowest BCUT2D eigenvalue weighted by atomic mass is 9.77. The van der Waals surface area contributed by atoms with Gasteiger partial charge in [-0.2, -0.15) is 10.5 Å². The number of unbranched alkanes of at least 4 members (excludes halogenated alkanes) is 4. The number of rotatable bonds is 12. The largest absolute Gasteiger partial charge is 0.192 e. The van der Waals surface area contributed by atoms with Crippen molar-refractivity contribution in [1.82, 2.24) is 0 Å². The first-order chi connectivity index (χ1) is 16.7. The summed E-state index contributed by atoms with van der Waals surface area (Å²) in [5.74, 6) is 1.67. The molecule has 180 valence electrons. The van der Waals surface area contributed by atoms with Crippen molar-refractivity contribution in [2.24, 2.45) is 5.92 Å². The normalized spacial score (nSPS) is 17.8. The molecule has 0 aliphatic heterocycles. The van der Waals surface area contributed by atoms with Gasteiger partial charge in [0.1, 0.15) is 12.1 Å². The Kier molecular flexibility index (Phi) is 10.7. The van der Waals surface area contributed by atoms with Crippen molar-refractivity contribution in [2.45, 2.75) is 110 Å². The number of benzene rings is 2. The van der Waals surface area contributed by atoms with Crippen LogP contribution < -0.4 is 0 Å². The number of nitrogens with zero attached hydrogens (tertiary/aromatic N) is 2. The van der Waals surface area contributed by atoms with Crippen LogP contribution in [0, 0.1) is 28.6 Å². The molecule has 0 spiro atoms. The zero-order chi connectivity index (χ0) is 24.2. The summed E-state index contributed by atoms with van der Waals surface area (Å²) in [5, 5.41) is 19.5. The summed E-state index contributed by atoms with van der Waals surface area (Å²) in [7, 11) is 0. The smallest absolute Gasteiger partial charge is 0.101 e. The molecule has 0 bridgehead atoms.